The maximum Gasteiger partial charge on any atom is 0.273 e. The third-order valence-corrected chi connectivity index (χ3v) is 4.59. The quantitative estimate of drug-likeness (QED) is 0.445. The topological polar surface area (TPSA) is 72.7 Å². The van der Waals surface area contributed by atoms with Crippen LogP contribution in [0.2, 0.25) is 0 Å². The summed E-state index contributed by atoms with van der Waals surface area (Å²) in [6.45, 7) is 0.0182. The van der Waals surface area contributed by atoms with E-state index in [4.69, 9.17) is 4.74 Å². The number of thiophene rings is 1. The molecular formula is C19H15FN2O4S. The van der Waals surface area contributed by atoms with E-state index >= 15 is 0 Å². The van der Waals surface area contributed by atoms with Gasteiger partial charge >= 0.3 is 0 Å². The summed E-state index contributed by atoms with van der Waals surface area (Å²) in [4.78, 5) is 25.5. The Morgan fingerprint density at radius 2 is 1.93 bits per heavy atom. The highest BCUT2D eigenvalue weighted by atomic mass is 32.1. The van der Waals surface area contributed by atoms with Gasteiger partial charge in [-0.05, 0) is 41.8 Å². The molecule has 3 rings (SSSR count). The molecule has 0 aliphatic heterocycles. The number of benzene rings is 2. The van der Waals surface area contributed by atoms with E-state index in [0.717, 1.165) is 4.88 Å². The molecule has 0 atom stereocenters. The summed E-state index contributed by atoms with van der Waals surface area (Å²) in [5.74, 6) is -0.510. The Labute approximate surface area is 158 Å². The average molecular weight is 386 g/mol. The zero-order chi connectivity index (χ0) is 19.2. The molecule has 3 aromatic rings. The van der Waals surface area contributed by atoms with Crippen LogP contribution in [0.4, 0.5) is 15.8 Å². The molecule has 0 spiro atoms. The Hall–Kier alpha value is -3.26. The van der Waals surface area contributed by atoms with Gasteiger partial charge in [0.15, 0.2) is 6.61 Å². The number of hydrogen-bond acceptors (Lipinski definition) is 5. The van der Waals surface area contributed by atoms with E-state index in [0.29, 0.717) is 12.2 Å². The Morgan fingerprint density at radius 3 is 2.59 bits per heavy atom. The number of nitro groups is 1. The van der Waals surface area contributed by atoms with Crippen LogP contribution in [0.15, 0.2) is 66.0 Å². The lowest BCUT2D eigenvalue weighted by Crippen LogP contribution is -2.34. The van der Waals surface area contributed by atoms with E-state index in [9.17, 15) is 19.3 Å². The Balaban J connectivity index is 1.75. The fourth-order valence-electron chi connectivity index (χ4n) is 2.41. The van der Waals surface area contributed by atoms with Gasteiger partial charge in [-0.15, -0.1) is 11.3 Å². The van der Waals surface area contributed by atoms with Crippen molar-refractivity contribution in [3.63, 3.8) is 0 Å². The van der Waals surface area contributed by atoms with E-state index in [2.05, 4.69) is 0 Å². The molecule has 1 aromatic heterocycles. The second-order valence-electron chi connectivity index (χ2n) is 5.58. The number of carbonyl (C=O) groups excluding carboxylic acids is 1. The SMILES string of the molecule is O=C(COc1cccc([N+](=O)[O-])c1)N(Cc1cccs1)c1ccc(F)cc1. The number of ether oxygens (including phenoxy) is 1. The van der Waals surface area contributed by atoms with Crippen molar-refractivity contribution >= 4 is 28.6 Å². The van der Waals surface area contributed by atoms with Crippen LogP contribution in [0.3, 0.4) is 0 Å². The van der Waals surface area contributed by atoms with Gasteiger partial charge in [-0.25, -0.2) is 4.39 Å². The van der Waals surface area contributed by atoms with Gasteiger partial charge in [-0.1, -0.05) is 12.1 Å². The molecule has 0 aliphatic carbocycles. The molecule has 8 heteroatoms. The van der Waals surface area contributed by atoms with E-state index < -0.39 is 10.7 Å². The number of carbonyl (C=O) groups is 1. The van der Waals surface area contributed by atoms with Crippen LogP contribution in [-0.2, 0) is 11.3 Å². The van der Waals surface area contributed by atoms with Gasteiger partial charge in [0.1, 0.15) is 11.6 Å². The molecule has 2 aromatic carbocycles. The van der Waals surface area contributed by atoms with Gasteiger partial charge in [0.25, 0.3) is 11.6 Å². The number of halogens is 1. The standard InChI is InChI=1S/C19H15FN2O4S/c20-14-6-8-15(9-7-14)21(12-18-5-2-10-27-18)19(23)13-26-17-4-1-3-16(11-17)22(24)25/h1-11H,12-13H2. The third-order valence-electron chi connectivity index (χ3n) is 3.72. The first-order chi connectivity index (χ1) is 13.0. The van der Waals surface area contributed by atoms with Crippen LogP contribution in [0.25, 0.3) is 0 Å². The Morgan fingerprint density at radius 1 is 1.15 bits per heavy atom. The molecule has 0 bridgehead atoms. The fraction of sp³-hybridized carbons (Fsp3) is 0.105. The van der Waals surface area contributed by atoms with E-state index in [-0.39, 0.29) is 24.0 Å². The van der Waals surface area contributed by atoms with Crippen LogP contribution in [0, 0.1) is 15.9 Å². The van der Waals surface area contributed by atoms with Crippen molar-refractivity contribution in [2.24, 2.45) is 0 Å². The molecule has 0 unspecified atom stereocenters. The molecule has 1 heterocycles. The van der Waals surface area contributed by atoms with Crippen LogP contribution in [-0.4, -0.2) is 17.4 Å². The number of nitro benzene ring substituents is 1. The van der Waals surface area contributed by atoms with Crippen molar-refractivity contribution in [2.75, 3.05) is 11.5 Å². The van der Waals surface area contributed by atoms with Crippen molar-refractivity contribution in [1.29, 1.82) is 0 Å². The van der Waals surface area contributed by atoms with Gasteiger partial charge in [0, 0.05) is 16.6 Å². The zero-order valence-corrected chi connectivity index (χ0v) is 14.9. The van der Waals surface area contributed by atoms with Crippen LogP contribution >= 0.6 is 11.3 Å². The second kappa shape index (κ2) is 8.41. The summed E-state index contributed by atoms with van der Waals surface area (Å²) < 4.78 is 18.7. The fourth-order valence-corrected chi connectivity index (χ4v) is 3.11. The molecule has 0 saturated heterocycles. The zero-order valence-electron chi connectivity index (χ0n) is 14.1. The summed E-state index contributed by atoms with van der Waals surface area (Å²) in [5, 5.41) is 12.7. The maximum atomic E-state index is 13.2. The minimum absolute atomic E-state index is 0.117. The van der Waals surface area contributed by atoms with Crippen molar-refractivity contribution in [3.8, 4) is 5.75 Å². The maximum absolute atomic E-state index is 13.2. The first-order valence-corrected chi connectivity index (χ1v) is 8.86. The predicted molar refractivity (Wildman–Crippen MR) is 101 cm³/mol. The number of anilines is 1. The minimum atomic E-state index is -0.531. The molecule has 6 nitrogen and oxygen atoms in total. The van der Waals surface area contributed by atoms with Crippen molar-refractivity contribution < 1.29 is 18.8 Å². The van der Waals surface area contributed by atoms with E-state index in [1.165, 1.54) is 58.7 Å². The summed E-state index contributed by atoms with van der Waals surface area (Å²) in [5.41, 5.74) is 0.423. The Bertz CT molecular complexity index is 929. The number of non-ortho nitro benzene ring substituents is 1. The number of rotatable bonds is 7. The highest BCUT2D eigenvalue weighted by molar-refractivity contribution is 7.09. The molecule has 0 fully saturated rings. The minimum Gasteiger partial charge on any atom is -0.483 e. The lowest BCUT2D eigenvalue weighted by Gasteiger charge is -2.22. The lowest BCUT2D eigenvalue weighted by atomic mass is 10.2. The highest BCUT2D eigenvalue weighted by Crippen LogP contribution is 2.22. The van der Waals surface area contributed by atoms with Crippen LogP contribution in [0.5, 0.6) is 5.75 Å². The number of nitrogens with zero attached hydrogens (tertiary/aromatic N) is 2. The van der Waals surface area contributed by atoms with Crippen molar-refractivity contribution in [1.82, 2.24) is 0 Å². The summed E-state index contributed by atoms with van der Waals surface area (Å²) in [6, 6.07) is 15.0. The number of amides is 1. The van der Waals surface area contributed by atoms with Crippen molar-refractivity contribution in [2.45, 2.75) is 6.54 Å². The Kier molecular flexibility index (Phi) is 5.77. The lowest BCUT2D eigenvalue weighted by molar-refractivity contribution is -0.384. The average Bonchev–Trinajstić information content (AvgIpc) is 3.18. The molecule has 138 valence electrons. The molecule has 0 saturated carbocycles. The van der Waals surface area contributed by atoms with Gasteiger partial charge in [0.05, 0.1) is 17.5 Å². The normalized spacial score (nSPS) is 10.4. The van der Waals surface area contributed by atoms with Crippen molar-refractivity contribution in [3.05, 3.63) is 86.9 Å². The molecule has 1 amide bonds. The molecule has 0 N–H and O–H groups in total. The summed E-state index contributed by atoms with van der Waals surface area (Å²) in [7, 11) is 0. The third kappa shape index (κ3) is 4.89. The molecular weight excluding hydrogens is 371 g/mol. The highest BCUT2D eigenvalue weighted by Gasteiger charge is 2.18. The van der Waals surface area contributed by atoms with Gasteiger partial charge in [0.2, 0.25) is 0 Å². The monoisotopic (exact) mass is 386 g/mol. The first-order valence-electron chi connectivity index (χ1n) is 7.98. The number of hydrogen-bond donors (Lipinski definition) is 0. The smallest absolute Gasteiger partial charge is 0.273 e. The van der Waals surface area contributed by atoms with Gasteiger partial charge < -0.3 is 9.64 Å². The van der Waals surface area contributed by atoms with Crippen LogP contribution in [0.1, 0.15) is 4.88 Å². The van der Waals surface area contributed by atoms with Gasteiger partial charge in [-0.2, -0.15) is 0 Å². The van der Waals surface area contributed by atoms with Gasteiger partial charge in [-0.3, -0.25) is 14.9 Å². The first kappa shape index (κ1) is 18.5. The van der Waals surface area contributed by atoms with E-state index in [1.54, 1.807) is 6.07 Å². The molecule has 27 heavy (non-hydrogen) atoms. The predicted octanol–water partition coefficient (Wildman–Crippen LogP) is 4.41. The van der Waals surface area contributed by atoms with Crippen LogP contribution < -0.4 is 9.64 Å². The van der Waals surface area contributed by atoms with E-state index in [1.807, 2.05) is 17.5 Å². The second-order valence-corrected chi connectivity index (χ2v) is 6.61. The largest absolute Gasteiger partial charge is 0.483 e. The summed E-state index contributed by atoms with van der Waals surface area (Å²) >= 11 is 1.50. The molecule has 0 aliphatic rings. The molecule has 0 radical (unpaired) electrons. The summed E-state index contributed by atoms with van der Waals surface area (Å²) in [6.07, 6.45) is 0.